The maximum Gasteiger partial charge on any atom is 0.138 e. The number of hydrogen-bond acceptors (Lipinski definition) is 2. The zero-order valence-corrected chi connectivity index (χ0v) is 12.5. The van der Waals surface area contributed by atoms with Crippen molar-refractivity contribution in [2.75, 3.05) is 0 Å². The van der Waals surface area contributed by atoms with Gasteiger partial charge in [0.2, 0.25) is 0 Å². The van der Waals surface area contributed by atoms with Crippen molar-refractivity contribution in [1.29, 1.82) is 0 Å². The second-order valence-corrected chi connectivity index (χ2v) is 5.33. The quantitative estimate of drug-likeness (QED) is 0.744. The summed E-state index contributed by atoms with van der Waals surface area (Å²) in [5.41, 5.74) is 4.35. The van der Waals surface area contributed by atoms with Crippen LogP contribution in [0.2, 0.25) is 0 Å². The normalized spacial score (nSPS) is 12.7. The molecule has 0 aliphatic carbocycles. The summed E-state index contributed by atoms with van der Waals surface area (Å²) in [4.78, 5) is 7.96. The number of ether oxygens (including phenoxy) is 1. The highest BCUT2D eigenvalue weighted by molar-refractivity contribution is 5.79. The largest absolute Gasteiger partial charge is 0.374 e. The molecule has 1 unspecified atom stereocenters. The first-order valence-electron chi connectivity index (χ1n) is 7.42. The molecule has 3 aromatic rings. The maximum atomic E-state index is 5.75. The van der Waals surface area contributed by atoms with Gasteiger partial charge in [-0.25, -0.2) is 4.98 Å². The SMILES string of the molecule is CCC(C)OCc1ccc(-c2nc3ccccc3[nH]2)cc1. The predicted molar refractivity (Wildman–Crippen MR) is 86.1 cm³/mol. The molecular weight excluding hydrogens is 260 g/mol. The predicted octanol–water partition coefficient (Wildman–Crippen LogP) is 4.55. The fourth-order valence-corrected chi connectivity index (χ4v) is 2.20. The summed E-state index contributed by atoms with van der Waals surface area (Å²) in [5, 5.41) is 0. The molecule has 0 aliphatic heterocycles. The van der Waals surface area contributed by atoms with E-state index < -0.39 is 0 Å². The van der Waals surface area contributed by atoms with Crippen LogP contribution in [-0.2, 0) is 11.3 Å². The van der Waals surface area contributed by atoms with E-state index in [9.17, 15) is 0 Å². The van der Waals surface area contributed by atoms with Gasteiger partial charge in [-0.05, 0) is 31.0 Å². The smallest absolute Gasteiger partial charge is 0.138 e. The lowest BCUT2D eigenvalue weighted by Gasteiger charge is -2.10. The van der Waals surface area contributed by atoms with E-state index in [0.717, 1.165) is 28.8 Å². The highest BCUT2D eigenvalue weighted by atomic mass is 16.5. The van der Waals surface area contributed by atoms with Crippen molar-refractivity contribution in [3.8, 4) is 11.4 Å². The molecular formula is C18H20N2O. The summed E-state index contributed by atoms with van der Waals surface area (Å²) >= 11 is 0. The van der Waals surface area contributed by atoms with Gasteiger partial charge in [0.05, 0.1) is 23.7 Å². The van der Waals surface area contributed by atoms with Gasteiger partial charge in [0, 0.05) is 5.56 Å². The molecule has 0 amide bonds. The molecule has 0 radical (unpaired) electrons. The van der Waals surface area contributed by atoms with Crippen molar-refractivity contribution in [2.45, 2.75) is 33.0 Å². The van der Waals surface area contributed by atoms with Crippen LogP contribution in [0.25, 0.3) is 22.4 Å². The van der Waals surface area contributed by atoms with E-state index in [-0.39, 0.29) is 0 Å². The summed E-state index contributed by atoms with van der Waals surface area (Å²) in [6.45, 7) is 4.90. The minimum Gasteiger partial charge on any atom is -0.374 e. The average molecular weight is 280 g/mol. The van der Waals surface area contributed by atoms with Gasteiger partial charge in [-0.15, -0.1) is 0 Å². The lowest BCUT2D eigenvalue weighted by Crippen LogP contribution is -2.05. The molecule has 0 aliphatic rings. The lowest BCUT2D eigenvalue weighted by atomic mass is 10.1. The molecule has 2 aromatic carbocycles. The van der Waals surface area contributed by atoms with Gasteiger partial charge in [0.25, 0.3) is 0 Å². The molecule has 0 saturated carbocycles. The molecule has 3 nitrogen and oxygen atoms in total. The highest BCUT2D eigenvalue weighted by Crippen LogP contribution is 2.21. The van der Waals surface area contributed by atoms with E-state index in [4.69, 9.17) is 4.74 Å². The highest BCUT2D eigenvalue weighted by Gasteiger charge is 2.05. The van der Waals surface area contributed by atoms with Gasteiger partial charge in [0.1, 0.15) is 5.82 Å². The molecule has 1 atom stereocenters. The number of benzene rings is 2. The van der Waals surface area contributed by atoms with Crippen molar-refractivity contribution in [3.05, 3.63) is 54.1 Å². The molecule has 1 aromatic heterocycles. The Kier molecular flexibility index (Phi) is 4.02. The van der Waals surface area contributed by atoms with E-state index in [1.807, 2.05) is 24.3 Å². The van der Waals surface area contributed by atoms with E-state index >= 15 is 0 Å². The van der Waals surface area contributed by atoms with Crippen LogP contribution in [0, 0.1) is 0 Å². The number of fused-ring (bicyclic) bond motifs is 1. The Hall–Kier alpha value is -2.13. The molecule has 108 valence electrons. The summed E-state index contributed by atoms with van der Waals surface area (Å²) in [6, 6.07) is 16.5. The van der Waals surface area contributed by atoms with E-state index in [1.165, 1.54) is 5.56 Å². The van der Waals surface area contributed by atoms with Gasteiger partial charge >= 0.3 is 0 Å². The van der Waals surface area contributed by atoms with Gasteiger partial charge in [-0.2, -0.15) is 0 Å². The number of para-hydroxylation sites is 2. The number of imidazole rings is 1. The minimum atomic E-state index is 0.306. The Bertz CT molecular complexity index is 682. The zero-order valence-electron chi connectivity index (χ0n) is 12.5. The minimum absolute atomic E-state index is 0.306. The van der Waals surface area contributed by atoms with Crippen molar-refractivity contribution in [3.63, 3.8) is 0 Å². The van der Waals surface area contributed by atoms with Gasteiger partial charge in [0.15, 0.2) is 0 Å². The van der Waals surface area contributed by atoms with Gasteiger partial charge in [-0.3, -0.25) is 0 Å². The molecule has 1 N–H and O–H groups in total. The first-order chi connectivity index (χ1) is 10.3. The van der Waals surface area contributed by atoms with Gasteiger partial charge in [-0.1, -0.05) is 43.3 Å². The lowest BCUT2D eigenvalue weighted by molar-refractivity contribution is 0.0508. The van der Waals surface area contributed by atoms with Crippen molar-refractivity contribution in [2.24, 2.45) is 0 Å². The second kappa shape index (κ2) is 6.10. The Morgan fingerprint density at radius 2 is 1.86 bits per heavy atom. The fourth-order valence-electron chi connectivity index (χ4n) is 2.20. The van der Waals surface area contributed by atoms with Crippen molar-refractivity contribution < 1.29 is 4.74 Å². The van der Waals surface area contributed by atoms with Crippen LogP contribution in [0.5, 0.6) is 0 Å². The van der Waals surface area contributed by atoms with Crippen LogP contribution < -0.4 is 0 Å². The molecule has 21 heavy (non-hydrogen) atoms. The topological polar surface area (TPSA) is 37.9 Å². The van der Waals surface area contributed by atoms with Crippen LogP contribution in [0.4, 0.5) is 0 Å². The molecule has 3 heteroatoms. The number of hydrogen-bond donors (Lipinski definition) is 1. The third-order valence-electron chi connectivity index (χ3n) is 3.73. The zero-order chi connectivity index (χ0) is 14.7. The first kappa shape index (κ1) is 13.8. The monoisotopic (exact) mass is 280 g/mol. The number of nitrogens with one attached hydrogen (secondary N) is 1. The third kappa shape index (κ3) is 3.14. The number of rotatable bonds is 5. The molecule has 3 rings (SSSR count). The summed E-state index contributed by atoms with van der Waals surface area (Å²) in [6.07, 6.45) is 1.34. The summed E-state index contributed by atoms with van der Waals surface area (Å²) < 4.78 is 5.75. The third-order valence-corrected chi connectivity index (χ3v) is 3.73. The number of aromatic nitrogens is 2. The number of H-pyrrole nitrogens is 1. The van der Waals surface area contributed by atoms with Crippen LogP contribution >= 0.6 is 0 Å². The Morgan fingerprint density at radius 3 is 2.57 bits per heavy atom. The molecule has 0 saturated heterocycles. The average Bonchev–Trinajstić information content (AvgIpc) is 2.97. The second-order valence-electron chi connectivity index (χ2n) is 5.33. The van der Waals surface area contributed by atoms with Crippen LogP contribution in [0.3, 0.4) is 0 Å². The van der Waals surface area contributed by atoms with E-state index in [1.54, 1.807) is 0 Å². The Balaban J connectivity index is 1.77. The standard InChI is InChI=1S/C18H20N2O/c1-3-13(2)21-12-14-8-10-15(11-9-14)18-19-16-6-4-5-7-17(16)20-18/h4-11,13H,3,12H2,1-2H3,(H,19,20). The summed E-state index contributed by atoms with van der Waals surface area (Å²) in [5.74, 6) is 0.908. The molecule has 1 heterocycles. The molecule has 0 spiro atoms. The number of aromatic amines is 1. The van der Waals surface area contributed by atoms with Crippen LogP contribution in [0.1, 0.15) is 25.8 Å². The maximum absolute atomic E-state index is 5.75. The van der Waals surface area contributed by atoms with Crippen LogP contribution in [0.15, 0.2) is 48.5 Å². The first-order valence-corrected chi connectivity index (χ1v) is 7.42. The fraction of sp³-hybridized carbons (Fsp3) is 0.278. The Morgan fingerprint density at radius 1 is 1.10 bits per heavy atom. The molecule has 0 bridgehead atoms. The number of nitrogens with zero attached hydrogens (tertiary/aromatic N) is 1. The van der Waals surface area contributed by atoms with Crippen LogP contribution in [-0.4, -0.2) is 16.1 Å². The Labute approximate surface area is 125 Å². The van der Waals surface area contributed by atoms with Gasteiger partial charge < -0.3 is 9.72 Å². The van der Waals surface area contributed by atoms with Crippen molar-refractivity contribution >= 4 is 11.0 Å². The molecule has 0 fully saturated rings. The summed E-state index contributed by atoms with van der Waals surface area (Å²) in [7, 11) is 0. The van der Waals surface area contributed by atoms with E-state index in [2.05, 4.69) is 48.1 Å². The van der Waals surface area contributed by atoms with E-state index in [0.29, 0.717) is 12.7 Å². The van der Waals surface area contributed by atoms with Crippen molar-refractivity contribution in [1.82, 2.24) is 9.97 Å².